The van der Waals surface area contributed by atoms with Gasteiger partial charge < -0.3 is 15.1 Å². The van der Waals surface area contributed by atoms with E-state index in [9.17, 15) is 4.79 Å². The Labute approximate surface area is 156 Å². The number of amides is 2. The van der Waals surface area contributed by atoms with Crippen LogP contribution in [0.2, 0.25) is 0 Å². The molecular formula is C21H28N4O. The predicted molar refractivity (Wildman–Crippen MR) is 107 cm³/mol. The minimum Gasteiger partial charge on any atom is -0.368 e. The van der Waals surface area contributed by atoms with Crippen LogP contribution < -0.4 is 10.2 Å². The van der Waals surface area contributed by atoms with Crippen LogP contribution in [0.5, 0.6) is 0 Å². The van der Waals surface area contributed by atoms with Crippen LogP contribution in [0.25, 0.3) is 0 Å². The Kier molecular flexibility index (Phi) is 5.76. The molecule has 26 heavy (non-hydrogen) atoms. The summed E-state index contributed by atoms with van der Waals surface area (Å²) < 4.78 is 0. The Balaban J connectivity index is 1.62. The van der Waals surface area contributed by atoms with Gasteiger partial charge in [-0.3, -0.25) is 4.98 Å². The minimum absolute atomic E-state index is 0.00754. The number of rotatable bonds is 4. The number of nitrogens with zero attached hydrogens (tertiary/aromatic N) is 3. The average molecular weight is 352 g/mol. The van der Waals surface area contributed by atoms with E-state index < -0.39 is 0 Å². The number of nitrogens with one attached hydrogen (secondary N) is 1. The zero-order valence-corrected chi connectivity index (χ0v) is 15.9. The van der Waals surface area contributed by atoms with Gasteiger partial charge >= 0.3 is 6.03 Å². The maximum Gasteiger partial charge on any atom is 0.321 e. The monoisotopic (exact) mass is 352 g/mol. The van der Waals surface area contributed by atoms with Gasteiger partial charge in [0.05, 0.1) is 0 Å². The highest BCUT2D eigenvalue weighted by atomic mass is 16.2. The molecule has 1 N–H and O–H groups in total. The van der Waals surface area contributed by atoms with Crippen LogP contribution >= 0.6 is 0 Å². The van der Waals surface area contributed by atoms with E-state index in [2.05, 4.69) is 42.0 Å². The number of aryl methyl sites for hydroxylation is 1. The van der Waals surface area contributed by atoms with Crippen LogP contribution in [0.3, 0.4) is 0 Å². The standard InChI is InChI=1S/C21H28N4O/c1-4-16(2)18-7-5-6-8-19(18)23-21(26)25-13-11-24(12-14-25)20-9-10-22-15-17(20)3/h5-10,15-16H,4,11-14H2,1-3H3,(H,23,26)/t16-/m1/s1. The highest BCUT2D eigenvalue weighted by Gasteiger charge is 2.23. The maximum atomic E-state index is 12.7. The van der Waals surface area contributed by atoms with Crippen molar-refractivity contribution in [3.05, 3.63) is 53.9 Å². The van der Waals surface area contributed by atoms with Crippen molar-refractivity contribution in [1.82, 2.24) is 9.88 Å². The predicted octanol–water partition coefficient (Wildman–Crippen LogP) is 4.26. The highest BCUT2D eigenvalue weighted by Crippen LogP contribution is 2.27. The van der Waals surface area contributed by atoms with Crippen LogP contribution in [0.1, 0.15) is 37.3 Å². The number of carbonyl (C=O) groups is 1. The van der Waals surface area contributed by atoms with Crippen molar-refractivity contribution in [1.29, 1.82) is 0 Å². The normalized spacial score (nSPS) is 15.7. The van der Waals surface area contributed by atoms with E-state index in [0.29, 0.717) is 5.92 Å². The van der Waals surface area contributed by atoms with Gasteiger partial charge in [-0.25, -0.2) is 4.79 Å². The lowest BCUT2D eigenvalue weighted by atomic mass is 9.97. The van der Waals surface area contributed by atoms with Crippen LogP contribution in [0.15, 0.2) is 42.7 Å². The smallest absolute Gasteiger partial charge is 0.321 e. The molecule has 1 aromatic carbocycles. The Hall–Kier alpha value is -2.56. The molecule has 3 rings (SSSR count). The van der Waals surface area contributed by atoms with Gasteiger partial charge in [-0.1, -0.05) is 32.0 Å². The van der Waals surface area contributed by atoms with Gasteiger partial charge in [0.15, 0.2) is 0 Å². The van der Waals surface area contributed by atoms with E-state index in [1.54, 1.807) is 0 Å². The van der Waals surface area contributed by atoms with Crippen molar-refractivity contribution in [2.75, 3.05) is 36.4 Å². The average Bonchev–Trinajstić information content (AvgIpc) is 2.68. The summed E-state index contributed by atoms with van der Waals surface area (Å²) in [6.45, 7) is 9.56. The zero-order valence-electron chi connectivity index (χ0n) is 15.9. The molecule has 1 aliphatic heterocycles. The van der Waals surface area contributed by atoms with E-state index in [-0.39, 0.29) is 6.03 Å². The van der Waals surface area contributed by atoms with Gasteiger partial charge in [-0.2, -0.15) is 0 Å². The highest BCUT2D eigenvalue weighted by molar-refractivity contribution is 5.90. The lowest BCUT2D eigenvalue weighted by Crippen LogP contribution is -2.50. The molecule has 1 aromatic heterocycles. The van der Waals surface area contributed by atoms with Crippen LogP contribution in [-0.2, 0) is 0 Å². The van der Waals surface area contributed by atoms with E-state index in [4.69, 9.17) is 0 Å². The molecule has 1 saturated heterocycles. The molecule has 2 amide bonds. The summed E-state index contributed by atoms with van der Waals surface area (Å²) in [4.78, 5) is 21.1. The van der Waals surface area contributed by atoms with E-state index in [1.807, 2.05) is 41.6 Å². The Morgan fingerprint density at radius 1 is 1.19 bits per heavy atom. The quantitative estimate of drug-likeness (QED) is 0.894. The zero-order chi connectivity index (χ0) is 18.5. The molecule has 138 valence electrons. The number of hydrogen-bond donors (Lipinski definition) is 1. The van der Waals surface area contributed by atoms with Crippen molar-refractivity contribution in [3.8, 4) is 0 Å². The van der Waals surface area contributed by atoms with Crippen molar-refractivity contribution >= 4 is 17.4 Å². The second kappa shape index (κ2) is 8.21. The van der Waals surface area contributed by atoms with Gasteiger partial charge in [0.25, 0.3) is 0 Å². The molecule has 0 unspecified atom stereocenters. The summed E-state index contributed by atoms with van der Waals surface area (Å²) in [6, 6.07) is 10.2. The third kappa shape index (κ3) is 3.98. The molecule has 0 saturated carbocycles. The molecule has 0 radical (unpaired) electrons. The molecule has 0 bridgehead atoms. The van der Waals surface area contributed by atoms with Crippen LogP contribution in [-0.4, -0.2) is 42.1 Å². The molecule has 5 nitrogen and oxygen atoms in total. The molecule has 0 spiro atoms. The SMILES string of the molecule is CC[C@@H](C)c1ccccc1NC(=O)N1CCN(c2ccncc2C)CC1. The second-order valence-corrected chi connectivity index (χ2v) is 6.96. The van der Waals surface area contributed by atoms with Crippen molar-refractivity contribution in [2.24, 2.45) is 0 Å². The number of carbonyl (C=O) groups excluding carboxylic acids is 1. The second-order valence-electron chi connectivity index (χ2n) is 6.96. The molecule has 2 heterocycles. The number of anilines is 2. The maximum absolute atomic E-state index is 12.7. The fourth-order valence-corrected chi connectivity index (χ4v) is 3.43. The first-order valence-electron chi connectivity index (χ1n) is 9.40. The van der Waals surface area contributed by atoms with Gasteiger partial charge in [0.1, 0.15) is 0 Å². The minimum atomic E-state index is -0.00754. The number of para-hydroxylation sites is 1. The summed E-state index contributed by atoms with van der Waals surface area (Å²) in [5.74, 6) is 0.429. The van der Waals surface area contributed by atoms with Gasteiger partial charge in [-0.05, 0) is 42.5 Å². The lowest BCUT2D eigenvalue weighted by molar-refractivity contribution is 0.208. The molecule has 1 atom stereocenters. The first-order valence-corrected chi connectivity index (χ1v) is 9.40. The third-order valence-corrected chi connectivity index (χ3v) is 5.24. The first kappa shape index (κ1) is 18.2. The summed E-state index contributed by atoms with van der Waals surface area (Å²) >= 11 is 0. The molecule has 2 aromatic rings. The topological polar surface area (TPSA) is 48.5 Å². The van der Waals surface area contributed by atoms with Gasteiger partial charge in [-0.15, -0.1) is 0 Å². The summed E-state index contributed by atoms with van der Waals surface area (Å²) in [5.41, 5.74) is 4.52. The first-order chi connectivity index (χ1) is 12.6. The number of pyridine rings is 1. The van der Waals surface area contributed by atoms with Crippen molar-refractivity contribution in [3.63, 3.8) is 0 Å². The third-order valence-electron chi connectivity index (χ3n) is 5.24. The Bertz CT molecular complexity index is 753. The lowest BCUT2D eigenvalue weighted by Gasteiger charge is -2.36. The van der Waals surface area contributed by atoms with Crippen molar-refractivity contribution < 1.29 is 4.79 Å². The molecule has 0 aliphatic carbocycles. The molecule has 1 fully saturated rings. The summed E-state index contributed by atoms with van der Waals surface area (Å²) in [7, 11) is 0. The van der Waals surface area contributed by atoms with E-state index in [1.165, 1.54) is 16.8 Å². The van der Waals surface area contributed by atoms with Gasteiger partial charge in [0, 0.05) is 49.9 Å². The number of benzene rings is 1. The summed E-state index contributed by atoms with van der Waals surface area (Å²) in [5, 5.41) is 3.12. The Morgan fingerprint density at radius 3 is 2.62 bits per heavy atom. The molecular weight excluding hydrogens is 324 g/mol. The number of urea groups is 1. The van der Waals surface area contributed by atoms with Crippen LogP contribution in [0, 0.1) is 6.92 Å². The largest absolute Gasteiger partial charge is 0.368 e. The number of piperazine rings is 1. The van der Waals surface area contributed by atoms with E-state index in [0.717, 1.165) is 38.3 Å². The van der Waals surface area contributed by atoms with E-state index >= 15 is 0 Å². The van der Waals surface area contributed by atoms with Gasteiger partial charge in [0.2, 0.25) is 0 Å². The number of hydrogen-bond acceptors (Lipinski definition) is 3. The van der Waals surface area contributed by atoms with Crippen LogP contribution in [0.4, 0.5) is 16.2 Å². The number of aromatic nitrogens is 1. The fraction of sp³-hybridized carbons (Fsp3) is 0.429. The Morgan fingerprint density at radius 2 is 1.92 bits per heavy atom. The fourth-order valence-electron chi connectivity index (χ4n) is 3.43. The van der Waals surface area contributed by atoms with Crippen molar-refractivity contribution in [2.45, 2.75) is 33.1 Å². The summed E-state index contributed by atoms with van der Waals surface area (Å²) in [6.07, 6.45) is 4.77. The molecule has 1 aliphatic rings. The molecule has 5 heteroatoms.